The van der Waals surface area contributed by atoms with Crippen LogP contribution in [-0.4, -0.2) is 119 Å². The van der Waals surface area contributed by atoms with Crippen LogP contribution in [0.15, 0.2) is 12.7 Å². The number of hydrogen-bond donors (Lipinski definition) is 1. The zero-order chi connectivity index (χ0) is 27.3. The van der Waals surface area contributed by atoms with Crippen molar-refractivity contribution in [1.29, 1.82) is 0 Å². The summed E-state index contributed by atoms with van der Waals surface area (Å²) < 4.78 is 9.91. The van der Waals surface area contributed by atoms with Gasteiger partial charge in [0.05, 0.1) is 36.4 Å². The summed E-state index contributed by atoms with van der Waals surface area (Å²) in [5, 5.41) is 9.14. The van der Waals surface area contributed by atoms with Gasteiger partial charge in [0.1, 0.15) is 6.04 Å². The molecule has 0 aromatic heterocycles. The van der Waals surface area contributed by atoms with Crippen LogP contribution in [0.5, 0.6) is 0 Å². The maximum absolute atomic E-state index is 14.4. The molecule has 214 valence electrons. The highest BCUT2D eigenvalue weighted by molar-refractivity contribution is 8.02. The summed E-state index contributed by atoms with van der Waals surface area (Å²) in [5.74, 6) is -1.50. The number of likely N-dealkylation sites (tertiary alicyclic amines) is 1. The second kappa shape index (κ2) is 12.7. The molecular weight excluding hydrogens is 506 g/mol. The number of fused-ring (bicyclic) bond motifs is 1. The lowest BCUT2D eigenvalue weighted by molar-refractivity contribution is -0.155. The number of morpholine rings is 1. The van der Waals surface area contributed by atoms with Crippen LogP contribution in [-0.2, 0) is 23.9 Å². The lowest BCUT2D eigenvalue weighted by atomic mass is 9.66. The van der Waals surface area contributed by atoms with Crippen LogP contribution < -0.4 is 0 Å². The van der Waals surface area contributed by atoms with Crippen LogP contribution in [0.4, 0.5) is 0 Å². The Hall–Kier alpha value is -1.62. The molecule has 4 aliphatic heterocycles. The number of esters is 1. The fraction of sp³-hybridized carbons (Fsp3) is 0.821. The monoisotopic (exact) mass is 551 g/mol. The number of ether oxygens (including phenoxy) is 2. The molecule has 4 heterocycles. The first-order valence-corrected chi connectivity index (χ1v) is 15.1. The third-order valence-corrected chi connectivity index (χ3v) is 10.8. The largest absolute Gasteiger partial charge is 0.466 e. The molecule has 1 N–H and O–H groups in total. The van der Waals surface area contributed by atoms with Crippen molar-refractivity contribution in [1.82, 2.24) is 14.7 Å². The summed E-state index contributed by atoms with van der Waals surface area (Å²) in [6.45, 7) is 13.5. The van der Waals surface area contributed by atoms with Crippen molar-refractivity contribution in [3.8, 4) is 0 Å². The summed E-state index contributed by atoms with van der Waals surface area (Å²) in [7, 11) is 0. The topological polar surface area (TPSA) is 99.6 Å². The van der Waals surface area contributed by atoms with Crippen LogP contribution in [0.1, 0.15) is 52.4 Å². The molecule has 0 aromatic rings. The average molecular weight is 552 g/mol. The maximum atomic E-state index is 14.4. The van der Waals surface area contributed by atoms with Gasteiger partial charge in [-0.25, -0.2) is 0 Å². The highest BCUT2D eigenvalue weighted by Gasteiger charge is 2.77. The molecular formula is C28H45N3O6S. The third-order valence-electron chi connectivity index (χ3n) is 8.81. The minimum atomic E-state index is -0.621. The van der Waals surface area contributed by atoms with Crippen molar-refractivity contribution in [3.05, 3.63) is 12.7 Å². The minimum absolute atomic E-state index is 0.0365. The van der Waals surface area contributed by atoms with E-state index >= 15 is 0 Å². The van der Waals surface area contributed by atoms with Crippen molar-refractivity contribution in [3.63, 3.8) is 0 Å². The van der Waals surface area contributed by atoms with Gasteiger partial charge in [-0.3, -0.25) is 19.3 Å². The Balaban J connectivity index is 1.61. The number of unbranched alkanes of at least 4 members (excludes halogenated alkanes) is 3. The van der Waals surface area contributed by atoms with Gasteiger partial charge in [-0.15, -0.1) is 18.3 Å². The van der Waals surface area contributed by atoms with Gasteiger partial charge < -0.3 is 24.4 Å². The molecule has 10 heteroatoms. The van der Waals surface area contributed by atoms with E-state index in [4.69, 9.17) is 14.6 Å². The van der Waals surface area contributed by atoms with E-state index in [1.54, 1.807) is 29.7 Å². The van der Waals surface area contributed by atoms with Crippen LogP contribution in [0.3, 0.4) is 0 Å². The standard InChI is InChI=1S/C28H45N3O6S/c1-4-12-30(15-14-29-16-19-36-20-17-29)25(34)23-28-11-10-27(3,38-28)22(26(35)37-5-2)21(28)24(33)31(23)13-8-6-7-9-18-32/h4,21-23,32H,1,5-20H2,2-3H3/t21-,22+,23?,27-,28?/m0/s1. The van der Waals surface area contributed by atoms with Gasteiger partial charge in [0.15, 0.2) is 0 Å². The van der Waals surface area contributed by atoms with Gasteiger partial charge in [0.2, 0.25) is 11.8 Å². The normalized spacial score (nSPS) is 32.4. The molecule has 4 fully saturated rings. The zero-order valence-electron chi connectivity index (χ0n) is 23.1. The fourth-order valence-corrected chi connectivity index (χ4v) is 9.33. The number of rotatable bonds is 14. The first-order valence-electron chi connectivity index (χ1n) is 14.3. The number of carbonyl (C=O) groups is 3. The summed E-state index contributed by atoms with van der Waals surface area (Å²) in [6.07, 6.45) is 6.53. The van der Waals surface area contributed by atoms with Gasteiger partial charge in [-0.1, -0.05) is 18.9 Å². The summed E-state index contributed by atoms with van der Waals surface area (Å²) in [4.78, 5) is 47.7. The number of carbonyl (C=O) groups excluding carboxylic acids is 3. The molecule has 2 amide bonds. The smallest absolute Gasteiger partial charge is 0.311 e. The summed E-state index contributed by atoms with van der Waals surface area (Å²) in [5.41, 5.74) is 0. The van der Waals surface area contributed by atoms with Gasteiger partial charge in [0.25, 0.3) is 0 Å². The van der Waals surface area contributed by atoms with E-state index in [2.05, 4.69) is 18.4 Å². The van der Waals surface area contributed by atoms with Crippen LogP contribution >= 0.6 is 11.8 Å². The Morgan fingerprint density at radius 1 is 1.21 bits per heavy atom. The molecule has 2 bridgehead atoms. The molecule has 0 aromatic carbocycles. The number of aliphatic hydroxyl groups is 1. The second-order valence-electron chi connectivity index (χ2n) is 11.2. The fourth-order valence-electron chi connectivity index (χ4n) is 6.99. The van der Waals surface area contributed by atoms with Crippen molar-refractivity contribution in [2.24, 2.45) is 11.8 Å². The van der Waals surface area contributed by atoms with E-state index in [-0.39, 0.29) is 31.0 Å². The highest BCUT2D eigenvalue weighted by Crippen LogP contribution is 2.71. The lowest BCUT2D eigenvalue weighted by Gasteiger charge is -2.38. The van der Waals surface area contributed by atoms with Crippen LogP contribution in [0, 0.1) is 11.8 Å². The van der Waals surface area contributed by atoms with Crippen molar-refractivity contribution >= 4 is 29.5 Å². The lowest BCUT2D eigenvalue weighted by Crippen LogP contribution is -2.56. The molecule has 4 saturated heterocycles. The summed E-state index contributed by atoms with van der Waals surface area (Å²) >= 11 is 1.69. The number of hydrogen-bond acceptors (Lipinski definition) is 8. The van der Waals surface area contributed by atoms with Crippen molar-refractivity contribution < 1.29 is 29.0 Å². The van der Waals surface area contributed by atoms with Gasteiger partial charge >= 0.3 is 5.97 Å². The highest BCUT2D eigenvalue weighted by atomic mass is 32.2. The van der Waals surface area contributed by atoms with E-state index in [1.165, 1.54) is 0 Å². The molecule has 0 aliphatic carbocycles. The number of aliphatic hydroxyl groups excluding tert-OH is 1. The Morgan fingerprint density at radius 3 is 2.63 bits per heavy atom. The number of amides is 2. The van der Waals surface area contributed by atoms with E-state index < -0.39 is 27.4 Å². The van der Waals surface area contributed by atoms with Crippen LogP contribution in [0.2, 0.25) is 0 Å². The van der Waals surface area contributed by atoms with E-state index in [0.29, 0.717) is 32.8 Å². The van der Waals surface area contributed by atoms with Gasteiger partial charge in [0, 0.05) is 50.6 Å². The SMILES string of the molecule is C=CCN(CCN1CCOCC1)C(=O)C1N(CCCCCCO)C(=O)[C@@H]2[C@H](C(=O)OCC)[C@]3(C)CCC12S3. The Kier molecular flexibility index (Phi) is 9.82. The molecule has 9 nitrogen and oxygen atoms in total. The minimum Gasteiger partial charge on any atom is -0.466 e. The Morgan fingerprint density at radius 2 is 1.95 bits per heavy atom. The second-order valence-corrected chi connectivity index (χ2v) is 13.1. The Bertz CT molecular complexity index is 883. The van der Waals surface area contributed by atoms with E-state index in [0.717, 1.165) is 58.2 Å². The molecule has 4 aliphatic rings. The summed E-state index contributed by atoms with van der Waals surface area (Å²) in [6, 6.07) is -0.603. The Labute approximate surface area is 231 Å². The van der Waals surface area contributed by atoms with E-state index in [1.807, 2.05) is 4.90 Å². The van der Waals surface area contributed by atoms with Crippen LogP contribution in [0.25, 0.3) is 0 Å². The predicted octanol–water partition coefficient (Wildman–Crippen LogP) is 1.93. The molecule has 38 heavy (non-hydrogen) atoms. The van der Waals surface area contributed by atoms with Crippen molar-refractivity contribution in [2.45, 2.75) is 67.9 Å². The molecule has 5 atom stereocenters. The van der Waals surface area contributed by atoms with Gasteiger partial charge in [-0.2, -0.15) is 0 Å². The number of nitrogens with zero attached hydrogens (tertiary/aromatic N) is 3. The average Bonchev–Trinajstić information content (AvgIpc) is 3.47. The first-order chi connectivity index (χ1) is 18.3. The maximum Gasteiger partial charge on any atom is 0.311 e. The van der Waals surface area contributed by atoms with Crippen molar-refractivity contribution in [2.75, 3.05) is 65.7 Å². The first kappa shape index (κ1) is 29.4. The van der Waals surface area contributed by atoms with Gasteiger partial charge in [-0.05, 0) is 39.5 Å². The molecule has 2 unspecified atom stereocenters. The molecule has 0 saturated carbocycles. The number of thioether (sulfide) groups is 1. The van der Waals surface area contributed by atoms with E-state index in [9.17, 15) is 14.4 Å². The molecule has 1 spiro atoms. The quantitative estimate of drug-likeness (QED) is 0.199. The predicted molar refractivity (Wildman–Crippen MR) is 147 cm³/mol. The molecule has 0 radical (unpaired) electrons. The molecule has 4 rings (SSSR count). The third kappa shape index (κ3) is 5.51. The zero-order valence-corrected chi connectivity index (χ0v) is 23.9.